The van der Waals surface area contributed by atoms with E-state index in [1.165, 1.54) is 7.11 Å². The van der Waals surface area contributed by atoms with Gasteiger partial charge in [0.25, 0.3) is 0 Å². The number of hydrogen-bond donors (Lipinski definition) is 2. The summed E-state index contributed by atoms with van der Waals surface area (Å²) in [7, 11) is 1.45. The largest absolute Gasteiger partial charge is 0.481 e. The van der Waals surface area contributed by atoms with Crippen molar-refractivity contribution in [3.8, 4) is 11.1 Å². The number of aliphatic carboxylic acids is 1. The minimum absolute atomic E-state index is 0.0340. The molecule has 2 amide bonds. The van der Waals surface area contributed by atoms with Gasteiger partial charge < -0.3 is 24.8 Å². The van der Waals surface area contributed by atoms with Crippen LogP contribution in [0.25, 0.3) is 11.1 Å². The first-order chi connectivity index (χ1) is 16.5. The number of likely N-dealkylation sites (tertiary alicyclic amines) is 1. The summed E-state index contributed by atoms with van der Waals surface area (Å²) in [6, 6.07) is 14.7. The maximum atomic E-state index is 13.2. The van der Waals surface area contributed by atoms with Gasteiger partial charge in [0.1, 0.15) is 12.6 Å². The number of carboxylic acid groups (broad SMARTS) is 1. The number of amides is 2. The number of alkyl carbamates (subject to hydrolysis) is 1. The Hall–Kier alpha value is -3.39. The minimum atomic E-state index is -0.956. The summed E-state index contributed by atoms with van der Waals surface area (Å²) < 4.78 is 10.7. The maximum absolute atomic E-state index is 13.2. The molecule has 2 aromatic carbocycles. The monoisotopic (exact) mass is 466 g/mol. The van der Waals surface area contributed by atoms with E-state index >= 15 is 0 Å². The molecule has 0 aromatic heterocycles. The Bertz CT molecular complexity index is 1030. The lowest BCUT2D eigenvalue weighted by molar-refractivity contribution is -0.144. The summed E-state index contributed by atoms with van der Waals surface area (Å²) in [6.45, 7) is 2.29. The van der Waals surface area contributed by atoms with Crippen molar-refractivity contribution in [1.82, 2.24) is 10.2 Å². The summed E-state index contributed by atoms with van der Waals surface area (Å²) in [6.07, 6.45) is 0.205. The van der Waals surface area contributed by atoms with Gasteiger partial charge in [-0.25, -0.2) is 4.79 Å². The van der Waals surface area contributed by atoms with Gasteiger partial charge >= 0.3 is 12.1 Å². The first kappa shape index (κ1) is 23.8. The second-order valence-corrected chi connectivity index (χ2v) is 8.72. The van der Waals surface area contributed by atoms with Crippen molar-refractivity contribution < 1.29 is 29.0 Å². The van der Waals surface area contributed by atoms with E-state index in [0.29, 0.717) is 19.4 Å². The molecule has 2 aromatic rings. The lowest BCUT2D eigenvalue weighted by Gasteiger charge is -2.29. The number of carbonyl (C=O) groups excluding carboxylic acids is 2. The van der Waals surface area contributed by atoms with Crippen LogP contribution in [0.2, 0.25) is 0 Å². The van der Waals surface area contributed by atoms with Crippen LogP contribution in [0.15, 0.2) is 48.5 Å². The first-order valence-corrected chi connectivity index (χ1v) is 11.6. The fourth-order valence-electron chi connectivity index (χ4n) is 5.24. The molecule has 2 N–H and O–H groups in total. The zero-order valence-electron chi connectivity index (χ0n) is 19.4. The number of ether oxygens (including phenoxy) is 2. The van der Waals surface area contributed by atoms with Crippen LogP contribution in [-0.4, -0.2) is 66.9 Å². The molecule has 8 heteroatoms. The van der Waals surface area contributed by atoms with Crippen molar-refractivity contribution in [3.05, 3.63) is 59.7 Å². The molecular weight excluding hydrogens is 436 g/mol. The molecule has 2 aliphatic rings. The van der Waals surface area contributed by atoms with Gasteiger partial charge in [-0.3, -0.25) is 9.59 Å². The summed E-state index contributed by atoms with van der Waals surface area (Å²) in [5.74, 6) is -1.96. The van der Waals surface area contributed by atoms with Crippen LogP contribution in [0.4, 0.5) is 4.79 Å². The number of hydrogen-bond acceptors (Lipinski definition) is 5. The maximum Gasteiger partial charge on any atom is 0.407 e. The number of benzene rings is 2. The van der Waals surface area contributed by atoms with E-state index in [4.69, 9.17) is 9.47 Å². The third kappa shape index (κ3) is 4.50. The van der Waals surface area contributed by atoms with Crippen molar-refractivity contribution in [2.75, 3.05) is 26.9 Å². The number of methoxy groups -OCH3 is 1. The lowest BCUT2D eigenvalue weighted by atomic mass is 9.98. The van der Waals surface area contributed by atoms with Crippen molar-refractivity contribution in [2.45, 2.75) is 37.8 Å². The number of nitrogens with zero attached hydrogens (tertiary/aromatic N) is 1. The molecule has 4 rings (SSSR count). The van der Waals surface area contributed by atoms with E-state index in [1.54, 1.807) is 4.90 Å². The highest BCUT2D eigenvalue weighted by Crippen LogP contribution is 2.44. The lowest BCUT2D eigenvalue weighted by Crippen LogP contribution is -2.53. The number of carboxylic acids is 1. The Morgan fingerprint density at radius 1 is 1.09 bits per heavy atom. The molecule has 2 unspecified atom stereocenters. The van der Waals surface area contributed by atoms with Crippen LogP contribution >= 0.6 is 0 Å². The van der Waals surface area contributed by atoms with E-state index < -0.39 is 30.1 Å². The molecule has 1 fully saturated rings. The molecule has 0 radical (unpaired) electrons. The quantitative estimate of drug-likeness (QED) is 0.619. The van der Waals surface area contributed by atoms with Crippen molar-refractivity contribution in [1.29, 1.82) is 0 Å². The molecule has 1 aliphatic heterocycles. The molecule has 180 valence electrons. The fraction of sp³-hybridized carbons (Fsp3) is 0.423. The van der Waals surface area contributed by atoms with E-state index in [1.807, 2.05) is 43.3 Å². The van der Waals surface area contributed by atoms with Crippen molar-refractivity contribution in [3.63, 3.8) is 0 Å². The van der Waals surface area contributed by atoms with Crippen molar-refractivity contribution >= 4 is 18.0 Å². The van der Waals surface area contributed by atoms with Gasteiger partial charge in [0.2, 0.25) is 5.91 Å². The van der Waals surface area contributed by atoms with Crippen LogP contribution < -0.4 is 5.32 Å². The predicted molar refractivity (Wildman–Crippen MR) is 125 cm³/mol. The molecule has 0 spiro atoms. The second-order valence-electron chi connectivity index (χ2n) is 8.72. The summed E-state index contributed by atoms with van der Waals surface area (Å²) in [4.78, 5) is 39.0. The van der Waals surface area contributed by atoms with Crippen LogP contribution in [0.3, 0.4) is 0 Å². The van der Waals surface area contributed by atoms with E-state index in [9.17, 15) is 19.5 Å². The summed E-state index contributed by atoms with van der Waals surface area (Å²) >= 11 is 0. The normalized spacial score (nSPS) is 19.9. The predicted octanol–water partition coefficient (Wildman–Crippen LogP) is 3.25. The van der Waals surface area contributed by atoms with Gasteiger partial charge in [0.05, 0.1) is 12.5 Å². The molecule has 0 bridgehead atoms. The summed E-state index contributed by atoms with van der Waals surface area (Å²) in [5.41, 5.74) is 4.46. The number of fused-ring (bicyclic) bond motifs is 3. The summed E-state index contributed by atoms with van der Waals surface area (Å²) in [5, 5.41) is 12.1. The Morgan fingerprint density at radius 3 is 2.26 bits per heavy atom. The zero-order chi connectivity index (χ0) is 24.2. The number of nitrogens with one attached hydrogen (secondary N) is 1. The third-order valence-electron chi connectivity index (χ3n) is 6.83. The van der Waals surface area contributed by atoms with Crippen LogP contribution in [0.1, 0.15) is 36.8 Å². The van der Waals surface area contributed by atoms with E-state index in [-0.39, 0.29) is 25.0 Å². The van der Waals surface area contributed by atoms with Gasteiger partial charge in [0.15, 0.2) is 0 Å². The minimum Gasteiger partial charge on any atom is -0.481 e. The molecule has 1 aliphatic carbocycles. The van der Waals surface area contributed by atoms with Crippen LogP contribution in [-0.2, 0) is 19.1 Å². The molecule has 1 heterocycles. The SMILES string of the molecule is CCC1C(C(=O)O)CCN1C(=O)[C@H](COC)NC(=O)OCC1c2ccccc2-c2ccccc21. The Labute approximate surface area is 198 Å². The van der Waals surface area contributed by atoms with Gasteiger partial charge in [-0.15, -0.1) is 0 Å². The smallest absolute Gasteiger partial charge is 0.407 e. The third-order valence-corrected chi connectivity index (χ3v) is 6.83. The number of rotatable bonds is 8. The highest BCUT2D eigenvalue weighted by Gasteiger charge is 2.42. The standard InChI is InChI=1S/C26H30N2O6/c1-3-23-20(25(30)31)12-13-28(23)24(29)22(15-33-2)27-26(32)34-14-21-18-10-6-4-8-16(18)17-9-5-7-11-19(17)21/h4-11,20-23H,3,12-15H2,1-2H3,(H,27,32)(H,30,31)/t20?,22-,23?/m0/s1. The molecule has 3 atom stereocenters. The second kappa shape index (κ2) is 10.3. The van der Waals surface area contributed by atoms with Gasteiger partial charge in [-0.05, 0) is 35.1 Å². The van der Waals surface area contributed by atoms with Crippen molar-refractivity contribution in [2.24, 2.45) is 5.92 Å². The van der Waals surface area contributed by atoms with E-state index in [0.717, 1.165) is 22.3 Å². The van der Waals surface area contributed by atoms with Crippen LogP contribution in [0, 0.1) is 5.92 Å². The fourth-order valence-corrected chi connectivity index (χ4v) is 5.24. The average molecular weight is 467 g/mol. The highest BCUT2D eigenvalue weighted by molar-refractivity contribution is 5.87. The topological polar surface area (TPSA) is 105 Å². The molecular formula is C26H30N2O6. The van der Waals surface area contributed by atoms with Gasteiger partial charge in [0, 0.05) is 25.6 Å². The van der Waals surface area contributed by atoms with Gasteiger partial charge in [-0.1, -0.05) is 55.5 Å². The first-order valence-electron chi connectivity index (χ1n) is 11.6. The highest BCUT2D eigenvalue weighted by atomic mass is 16.5. The van der Waals surface area contributed by atoms with E-state index in [2.05, 4.69) is 17.4 Å². The molecule has 1 saturated heterocycles. The zero-order valence-corrected chi connectivity index (χ0v) is 19.4. The molecule has 8 nitrogen and oxygen atoms in total. The molecule has 34 heavy (non-hydrogen) atoms. The Balaban J connectivity index is 1.42. The van der Waals surface area contributed by atoms with Crippen LogP contribution in [0.5, 0.6) is 0 Å². The van der Waals surface area contributed by atoms with Gasteiger partial charge in [-0.2, -0.15) is 0 Å². The Morgan fingerprint density at radius 2 is 1.71 bits per heavy atom. The molecule has 0 saturated carbocycles. The Kier molecular flexibility index (Phi) is 7.17. The number of carbonyl (C=O) groups is 3. The average Bonchev–Trinajstić information content (AvgIpc) is 3.41.